The van der Waals surface area contributed by atoms with E-state index in [-0.39, 0.29) is 5.91 Å². The number of carbonyl (C=O) groups is 1. The maximum atomic E-state index is 12.7. The first-order valence-electron chi connectivity index (χ1n) is 8.27. The molecule has 2 aromatic heterocycles. The van der Waals surface area contributed by atoms with Gasteiger partial charge >= 0.3 is 0 Å². The van der Waals surface area contributed by atoms with E-state index in [0.717, 1.165) is 33.3 Å². The number of nitrogens with zero attached hydrogens (tertiary/aromatic N) is 2. The molecule has 0 unspecified atom stereocenters. The number of hydrogen-bond acceptors (Lipinski definition) is 4. The molecule has 0 atom stereocenters. The van der Waals surface area contributed by atoms with Gasteiger partial charge in [-0.15, -0.1) is 11.3 Å². The molecule has 5 nitrogen and oxygen atoms in total. The minimum Gasteiger partial charge on any atom is -0.388 e. The minimum atomic E-state index is -0.147. The lowest BCUT2D eigenvalue weighted by molar-refractivity contribution is 0.102. The summed E-state index contributed by atoms with van der Waals surface area (Å²) in [5.74, 6) is -0.147. The SMILES string of the molecule is CNc1cccc(C(=O)Nc2ccccc2-c2cn3c(C)csc3n2)c1. The van der Waals surface area contributed by atoms with E-state index < -0.39 is 0 Å². The molecule has 4 rings (SSSR count). The topological polar surface area (TPSA) is 58.4 Å². The fourth-order valence-electron chi connectivity index (χ4n) is 2.85. The Balaban J connectivity index is 1.68. The summed E-state index contributed by atoms with van der Waals surface area (Å²) in [7, 11) is 1.83. The van der Waals surface area contributed by atoms with Crippen LogP contribution in [0, 0.1) is 6.92 Å². The van der Waals surface area contributed by atoms with Crippen LogP contribution in [0.3, 0.4) is 0 Å². The Morgan fingerprint density at radius 3 is 2.81 bits per heavy atom. The highest BCUT2D eigenvalue weighted by Crippen LogP contribution is 2.29. The minimum absolute atomic E-state index is 0.147. The molecule has 0 fully saturated rings. The van der Waals surface area contributed by atoms with Crippen LogP contribution in [0.1, 0.15) is 16.1 Å². The number of nitrogens with one attached hydrogen (secondary N) is 2. The van der Waals surface area contributed by atoms with E-state index in [1.807, 2.05) is 55.7 Å². The zero-order valence-corrected chi connectivity index (χ0v) is 15.3. The molecule has 2 heterocycles. The standard InChI is InChI=1S/C20H18N4OS/c1-13-12-26-20-23-18(11-24(13)20)16-8-3-4-9-17(16)22-19(25)14-6-5-7-15(10-14)21-2/h3-12,21H,1-2H3,(H,22,25). The van der Waals surface area contributed by atoms with Crippen molar-refractivity contribution < 1.29 is 4.79 Å². The number of aromatic nitrogens is 2. The number of thiazole rings is 1. The molecule has 0 bridgehead atoms. The van der Waals surface area contributed by atoms with E-state index in [1.165, 1.54) is 0 Å². The Morgan fingerprint density at radius 2 is 2.00 bits per heavy atom. The predicted octanol–water partition coefficient (Wildman–Crippen LogP) is 4.67. The smallest absolute Gasteiger partial charge is 0.255 e. The third-order valence-electron chi connectivity index (χ3n) is 4.25. The molecule has 0 aliphatic rings. The first-order valence-corrected chi connectivity index (χ1v) is 9.15. The normalized spacial score (nSPS) is 10.8. The Bertz CT molecular complexity index is 1100. The van der Waals surface area contributed by atoms with Gasteiger partial charge in [0, 0.05) is 41.1 Å². The molecule has 6 heteroatoms. The van der Waals surface area contributed by atoms with Crippen molar-refractivity contribution in [3.63, 3.8) is 0 Å². The van der Waals surface area contributed by atoms with E-state index in [4.69, 9.17) is 4.98 Å². The molecule has 0 saturated heterocycles. The van der Waals surface area contributed by atoms with Gasteiger partial charge in [-0.3, -0.25) is 9.20 Å². The number of anilines is 2. The van der Waals surface area contributed by atoms with Gasteiger partial charge in [0.15, 0.2) is 4.96 Å². The van der Waals surface area contributed by atoms with Crippen molar-refractivity contribution in [3.05, 3.63) is 71.4 Å². The van der Waals surface area contributed by atoms with E-state index in [1.54, 1.807) is 17.4 Å². The molecule has 130 valence electrons. The second-order valence-electron chi connectivity index (χ2n) is 5.99. The first-order chi connectivity index (χ1) is 12.7. The van der Waals surface area contributed by atoms with Crippen molar-refractivity contribution in [1.29, 1.82) is 0 Å². The van der Waals surface area contributed by atoms with Crippen LogP contribution in [0.5, 0.6) is 0 Å². The van der Waals surface area contributed by atoms with E-state index >= 15 is 0 Å². The van der Waals surface area contributed by atoms with Crippen LogP contribution in [-0.2, 0) is 0 Å². The Kier molecular flexibility index (Phi) is 4.18. The van der Waals surface area contributed by atoms with Crippen LogP contribution in [0.2, 0.25) is 0 Å². The van der Waals surface area contributed by atoms with Gasteiger partial charge in [0.05, 0.1) is 11.4 Å². The number of imidazole rings is 1. The first kappa shape index (κ1) is 16.4. The van der Waals surface area contributed by atoms with Gasteiger partial charge in [-0.1, -0.05) is 24.3 Å². The number of rotatable bonds is 4. The van der Waals surface area contributed by atoms with Crippen molar-refractivity contribution in [2.45, 2.75) is 6.92 Å². The number of benzene rings is 2. The van der Waals surface area contributed by atoms with Crippen molar-refractivity contribution in [1.82, 2.24) is 9.38 Å². The zero-order chi connectivity index (χ0) is 18.1. The molecular weight excluding hydrogens is 344 g/mol. The van der Waals surface area contributed by atoms with Gasteiger partial charge in [0.25, 0.3) is 5.91 Å². The van der Waals surface area contributed by atoms with Crippen molar-refractivity contribution in [2.75, 3.05) is 17.7 Å². The highest BCUT2D eigenvalue weighted by atomic mass is 32.1. The summed E-state index contributed by atoms with van der Waals surface area (Å²) in [6.07, 6.45) is 2.01. The zero-order valence-electron chi connectivity index (χ0n) is 14.5. The van der Waals surface area contributed by atoms with Gasteiger partial charge < -0.3 is 10.6 Å². The van der Waals surface area contributed by atoms with Gasteiger partial charge in [-0.2, -0.15) is 0 Å². The number of aryl methyl sites for hydroxylation is 1. The summed E-state index contributed by atoms with van der Waals surface area (Å²) >= 11 is 1.61. The summed E-state index contributed by atoms with van der Waals surface area (Å²) in [5, 5.41) is 8.14. The second-order valence-corrected chi connectivity index (χ2v) is 6.82. The Hall–Kier alpha value is -3.12. The van der Waals surface area contributed by atoms with E-state index in [2.05, 4.69) is 27.3 Å². The van der Waals surface area contributed by atoms with Crippen LogP contribution in [-0.4, -0.2) is 22.3 Å². The van der Waals surface area contributed by atoms with E-state index in [0.29, 0.717) is 5.56 Å². The summed E-state index contributed by atoms with van der Waals surface area (Å²) in [5.41, 5.74) is 5.15. The Labute approximate surface area is 155 Å². The molecule has 26 heavy (non-hydrogen) atoms. The van der Waals surface area contributed by atoms with Crippen molar-refractivity contribution in [3.8, 4) is 11.3 Å². The highest BCUT2D eigenvalue weighted by Gasteiger charge is 2.14. The molecule has 2 aromatic carbocycles. The second kappa shape index (κ2) is 6.65. The summed E-state index contributed by atoms with van der Waals surface area (Å²) in [6.45, 7) is 2.05. The lowest BCUT2D eigenvalue weighted by atomic mass is 10.1. The molecule has 0 aliphatic heterocycles. The largest absolute Gasteiger partial charge is 0.388 e. The van der Waals surface area contributed by atoms with Crippen molar-refractivity contribution >= 4 is 33.6 Å². The highest BCUT2D eigenvalue weighted by molar-refractivity contribution is 7.15. The molecule has 2 N–H and O–H groups in total. The molecule has 4 aromatic rings. The van der Waals surface area contributed by atoms with Gasteiger partial charge in [0.2, 0.25) is 0 Å². The number of carbonyl (C=O) groups excluding carboxylic acids is 1. The maximum Gasteiger partial charge on any atom is 0.255 e. The number of hydrogen-bond donors (Lipinski definition) is 2. The van der Waals surface area contributed by atoms with Crippen LogP contribution >= 0.6 is 11.3 Å². The lowest BCUT2D eigenvalue weighted by Crippen LogP contribution is -2.12. The molecule has 0 spiro atoms. The van der Waals surface area contributed by atoms with Crippen LogP contribution in [0.15, 0.2) is 60.1 Å². The molecule has 0 radical (unpaired) electrons. The van der Waals surface area contributed by atoms with Crippen molar-refractivity contribution in [2.24, 2.45) is 0 Å². The summed E-state index contributed by atoms with van der Waals surface area (Å²) in [6, 6.07) is 15.1. The molecule has 0 aliphatic carbocycles. The molecular formula is C20H18N4OS. The van der Waals surface area contributed by atoms with Gasteiger partial charge in [-0.05, 0) is 31.2 Å². The number of para-hydroxylation sites is 1. The van der Waals surface area contributed by atoms with Crippen LogP contribution in [0.25, 0.3) is 16.2 Å². The molecule has 1 amide bonds. The third-order valence-corrected chi connectivity index (χ3v) is 5.21. The predicted molar refractivity (Wildman–Crippen MR) is 107 cm³/mol. The monoisotopic (exact) mass is 362 g/mol. The quantitative estimate of drug-likeness (QED) is 0.555. The Morgan fingerprint density at radius 1 is 1.15 bits per heavy atom. The summed E-state index contributed by atoms with van der Waals surface area (Å²) in [4.78, 5) is 18.3. The lowest BCUT2D eigenvalue weighted by Gasteiger charge is -2.10. The number of amides is 1. The number of fused-ring (bicyclic) bond motifs is 1. The van der Waals surface area contributed by atoms with Crippen LogP contribution < -0.4 is 10.6 Å². The van der Waals surface area contributed by atoms with Crippen LogP contribution in [0.4, 0.5) is 11.4 Å². The average Bonchev–Trinajstić information content (AvgIpc) is 3.24. The van der Waals surface area contributed by atoms with Gasteiger partial charge in [0.1, 0.15) is 0 Å². The molecule has 0 saturated carbocycles. The fourth-order valence-corrected chi connectivity index (χ4v) is 3.70. The maximum absolute atomic E-state index is 12.7. The summed E-state index contributed by atoms with van der Waals surface area (Å²) < 4.78 is 2.06. The average molecular weight is 362 g/mol. The van der Waals surface area contributed by atoms with Gasteiger partial charge in [-0.25, -0.2) is 4.98 Å². The van der Waals surface area contributed by atoms with E-state index in [9.17, 15) is 4.79 Å². The fraction of sp³-hybridized carbons (Fsp3) is 0.100. The third kappa shape index (κ3) is 2.95.